The van der Waals surface area contributed by atoms with Crippen molar-refractivity contribution in [2.75, 3.05) is 0 Å². The lowest BCUT2D eigenvalue weighted by Gasteiger charge is -2.34. The Morgan fingerprint density at radius 2 is 2.33 bits per heavy atom. The molecule has 3 aliphatic carbocycles. The lowest BCUT2D eigenvalue weighted by atomic mass is 9.71. The predicted molar refractivity (Wildman–Crippen MR) is 37.4 cm³/mol. The molecule has 3 saturated carbocycles. The molecule has 0 N–H and O–H groups in total. The Kier molecular flexibility index (Phi) is 0.593. The first-order valence-corrected chi connectivity index (χ1v) is 4.08. The van der Waals surface area contributed by atoms with E-state index in [1.54, 1.807) is 0 Å². The van der Waals surface area contributed by atoms with Gasteiger partial charge in [0.2, 0.25) is 0 Å². The smallest absolute Gasteiger partial charge is 0.0703 e. The molecule has 4 atom stereocenters. The van der Waals surface area contributed by atoms with Gasteiger partial charge in [0.15, 0.2) is 0 Å². The van der Waals surface area contributed by atoms with Gasteiger partial charge in [0.05, 0.1) is 7.85 Å². The summed E-state index contributed by atoms with van der Waals surface area (Å²) in [6.07, 6.45) is 5.84. The maximum absolute atomic E-state index is 5.94. The molecular formula is C8H11B. The van der Waals surface area contributed by atoms with Crippen molar-refractivity contribution >= 4 is 7.85 Å². The average Bonchev–Trinajstić information content (AvgIpc) is 2.50. The Labute approximate surface area is 57.4 Å². The van der Waals surface area contributed by atoms with Gasteiger partial charge in [-0.1, -0.05) is 12.2 Å². The van der Waals surface area contributed by atoms with Gasteiger partial charge in [0.25, 0.3) is 0 Å². The molecule has 3 aliphatic rings. The molecule has 4 unspecified atom stereocenters. The first-order valence-electron chi connectivity index (χ1n) is 4.08. The number of hydrogen-bond acceptors (Lipinski definition) is 0. The third-order valence-corrected chi connectivity index (χ3v) is 4.02. The van der Waals surface area contributed by atoms with Gasteiger partial charge < -0.3 is 0 Å². The third kappa shape index (κ3) is 0.351. The minimum Gasteiger partial charge on any atom is -0.0738 e. The van der Waals surface area contributed by atoms with Crippen LogP contribution in [0.4, 0.5) is 0 Å². The first-order chi connectivity index (χ1) is 4.33. The van der Waals surface area contributed by atoms with Gasteiger partial charge in [0.1, 0.15) is 0 Å². The molecule has 46 valence electrons. The van der Waals surface area contributed by atoms with Crippen molar-refractivity contribution in [1.82, 2.24) is 0 Å². The van der Waals surface area contributed by atoms with Crippen LogP contribution < -0.4 is 0 Å². The maximum Gasteiger partial charge on any atom is 0.0703 e. The molecule has 1 heteroatoms. The number of rotatable bonds is 0. The van der Waals surface area contributed by atoms with Gasteiger partial charge in [-0.3, -0.25) is 0 Å². The fourth-order valence-corrected chi connectivity index (χ4v) is 3.25. The molecule has 0 aromatic carbocycles. The van der Waals surface area contributed by atoms with Crippen molar-refractivity contribution in [3.8, 4) is 0 Å². The molecule has 0 aliphatic heterocycles. The quantitative estimate of drug-likeness (QED) is 0.425. The summed E-state index contributed by atoms with van der Waals surface area (Å²) in [4.78, 5) is 0. The molecule has 0 bridgehead atoms. The van der Waals surface area contributed by atoms with Crippen molar-refractivity contribution in [3.63, 3.8) is 0 Å². The van der Waals surface area contributed by atoms with E-state index >= 15 is 0 Å². The second kappa shape index (κ2) is 1.11. The van der Waals surface area contributed by atoms with Gasteiger partial charge in [-0.05, 0) is 36.5 Å². The van der Waals surface area contributed by atoms with E-state index in [4.69, 9.17) is 7.85 Å². The summed E-state index contributed by atoms with van der Waals surface area (Å²) in [6, 6.07) is 0. The highest BCUT2D eigenvalue weighted by molar-refractivity contribution is 6.12. The molecule has 3 fully saturated rings. The van der Waals surface area contributed by atoms with E-state index in [2.05, 4.69) is 0 Å². The SMILES string of the molecule is [B]C1CC2CCC23CC13. The Balaban J connectivity index is 1.97. The highest BCUT2D eigenvalue weighted by atomic mass is 14.7. The summed E-state index contributed by atoms with van der Waals surface area (Å²) in [5.74, 6) is 2.63. The van der Waals surface area contributed by atoms with E-state index in [1.165, 1.54) is 25.7 Å². The molecule has 9 heavy (non-hydrogen) atoms. The zero-order chi connectivity index (χ0) is 6.06. The summed E-state index contributed by atoms with van der Waals surface area (Å²) < 4.78 is 0. The number of hydrogen-bond donors (Lipinski definition) is 0. The van der Waals surface area contributed by atoms with Gasteiger partial charge in [0, 0.05) is 0 Å². The third-order valence-electron chi connectivity index (χ3n) is 4.02. The van der Waals surface area contributed by atoms with E-state index in [9.17, 15) is 0 Å². The lowest BCUT2D eigenvalue weighted by Crippen LogP contribution is -2.24. The zero-order valence-corrected chi connectivity index (χ0v) is 5.64. The van der Waals surface area contributed by atoms with Crippen molar-refractivity contribution < 1.29 is 0 Å². The molecule has 0 heterocycles. The molecule has 3 rings (SSSR count). The van der Waals surface area contributed by atoms with Crippen LogP contribution in [-0.4, -0.2) is 7.85 Å². The summed E-state index contributed by atoms with van der Waals surface area (Å²) in [6.45, 7) is 0. The second-order valence-corrected chi connectivity index (χ2v) is 4.18. The van der Waals surface area contributed by atoms with Crippen molar-refractivity contribution in [1.29, 1.82) is 0 Å². The standard InChI is InChI=1S/C8H11B/c9-7-3-5-1-2-8(5)4-6(7)8/h5-7H,1-4H2. The highest BCUT2D eigenvalue weighted by Gasteiger charge is 2.68. The van der Waals surface area contributed by atoms with E-state index < -0.39 is 0 Å². The van der Waals surface area contributed by atoms with Gasteiger partial charge in [-0.2, -0.15) is 0 Å². The van der Waals surface area contributed by atoms with Crippen LogP contribution in [0.1, 0.15) is 25.7 Å². The van der Waals surface area contributed by atoms with Crippen LogP contribution in [0.2, 0.25) is 5.82 Å². The van der Waals surface area contributed by atoms with E-state index in [-0.39, 0.29) is 0 Å². The minimum atomic E-state index is 0.595. The largest absolute Gasteiger partial charge is 0.0738 e. The first kappa shape index (κ1) is 4.82. The fraction of sp³-hybridized carbons (Fsp3) is 1.00. The molecule has 0 aromatic rings. The Bertz CT molecular complexity index is 162. The van der Waals surface area contributed by atoms with Gasteiger partial charge in [-0.15, -0.1) is 0 Å². The monoisotopic (exact) mass is 118 g/mol. The van der Waals surface area contributed by atoms with Crippen LogP contribution >= 0.6 is 0 Å². The van der Waals surface area contributed by atoms with Crippen molar-refractivity contribution in [3.05, 3.63) is 0 Å². The van der Waals surface area contributed by atoms with E-state index in [0.717, 1.165) is 17.3 Å². The average molecular weight is 118 g/mol. The van der Waals surface area contributed by atoms with Crippen LogP contribution in [0.3, 0.4) is 0 Å². The van der Waals surface area contributed by atoms with E-state index in [0.29, 0.717) is 5.82 Å². The molecule has 0 saturated heterocycles. The summed E-state index contributed by atoms with van der Waals surface area (Å²) in [5, 5.41) is 0. The topological polar surface area (TPSA) is 0 Å². The van der Waals surface area contributed by atoms with E-state index in [1.807, 2.05) is 0 Å². The Morgan fingerprint density at radius 1 is 1.44 bits per heavy atom. The normalized spacial score (nSPS) is 68.2. The Hall–Kier alpha value is 0.0649. The van der Waals surface area contributed by atoms with Crippen LogP contribution in [0.5, 0.6) is 0 Å². The molecule has 2 radical (unpaired) electrons. The van der Waals surface area contributed by atoms with Crippen molar-refractivity contribution in [2.45, 2.75) is 31.5 Å². The Morgan fingerprint density at radius 3 is 2.56 bits per heavy atom. The van der Waals surface area contributed by atoms with Gasteiger partial charge in [-0.25, -0.2) is 0 Å². The lowest BCUT2D eigenvalue weighted by molar-refractivity contribution is 0.165. The van der Waals surface area contributed by atoms with Crippen LogP contribution in [0, 0.1) is 17.3 Å². The summed E-state index contributed by atoms with van der Waals surface area (Å²) in [7, 11) is 5.94. The van der Waals surface area contributed by atoms with Crippen molar-refractivity contribution in [2.24, 2.45) is 17.3 Å². The highest BCUT2D eigenvalue weighted by Crippen LogP contribution is 2.78. The fourth-order valence-electron chi connectivity index (χ4n) is 3.25. The van der Waals surface area contributed by atoms with Crippen LogP contribution in [0.15, 0.2) is 0 Å². The molecule has 0 nitrogen and oxygen atoms in total. The molecular weight excluding hydrogens is 107 g/mol. The summed E-state index contributed by atoms with van der Waals surface area (Å²) in [5.41, 5.74) is 0.847. The molecule has 1 spiro atoms. The zero-order valence-electron chi connectivity index (χ0n) is 5.64. The minimum absolute atomic E-state index is 0.595. The summed E-state index contributed by atoms with van der Waals surface area (Å²) >= 11 is 0. The second-order valence-electron chi connectivity index (χ2n) is 4.18. The molecule has 0 amide bonds. The predicted octanol–water partition coefficient (Wildman–Crippen LogP) is 1.76. The van der Waals surface area contributed by atoms with Gasteiger partial charge >= 0.3 is 0 Å². The van der Waals surface area contributed by atoms with Crippen LogP contribution in [0.25, 0.3) is 0 Å². The maximum atomic E-state index is 5.94. The van der Waals surface area contributed by atoms with Crippen LogP contribution in [-0.2, 0) is 0 Å². The molecule has 0 aromatic heterocycles.